The topological polar surface area (TPSA) is 111 Å². The lowest BCUT2D eigenvalue weighted by molar-refractivity contribution is -0.119. The van der Waals surface area contributed by atoms with Gasteiger partial charge in [-0.1, -0.05) is 6.92 Å². The maximum absolute atomic E-state index is 12.0. The van der Waals surface area contributed by atoms with Gasteiger partial charge in [-0.05, 0) is 18.6 Å². The molecule has 0 heterocycles. The van der Waals surface area contributed by atoms with Crippen molar-refractivity contribution in [3.05, 3.63) is 18.2 Å². The summed E-state index contributed by atoms with van der Waals surface area (Å²) in [4.78, 5) is 11.3. The lowest BCUT2D eigenvalue weighted by atomic mass is 10.3. The van der Waals surface area contributed by atoms with Gasteiger partial charge in [0.05, 0.1) is 19.3 Å². The maximum atomic E-state index is 12.0. The lowest BCUT2D eigenvalue weighted by Crippen LogP contribution is -2.37. The van der Waals surface area contributed by atoms with Gasteiger partial charge in [-0.3, -0.25) is 4.79 Å². The zero-order chi connectivity index (χ0) is 15.2. The second-order valence-electron chi connectivity index (χ2n) is 4.08. The van der Waals surface area contributed by atoms with Crippen LogP contribution in [0.1, 0.15) is 13.3 Å². The van der Waals surface area contributed by atoms with Gasteiger partial charge >= 0.3 is 0 Å². The van der Waals surface area contributed by atoms with Crippen LogP contribution in [-0.4, -0.2) is 34.5 Å². The van der Waals surface area contributed by atoms with Crippen LogP contribution in [-0.2, 0) is 14.8 Å². The molecule has 0 fully saturated rings. The molecule has 0 aliphatic rings. The first-order valence-corrected chi connectivity index (χ1v) is 7.59. The number of nitrogen functional groups attached to an aromatic ring is 1. The highest BCUT2D eigenvalue weighted by atomic mass is 32.2. The Hall–Kier alpha value is -1.80. The van der Waals surface area contributed by atoms with E-state index in [1.165, 1.54) is 25.3 Å². The summed E-state index contributed by atoms with van der Waals surface area (Å²) in [6.45, 7) is 2.08. The molecule has 1 rings (SSSR count). The maximum Gasteiger partial charge on any atom is 0.243 e. The van der Waals surface area contributed by atoms with Gasteiger partial charge in [0.15, 0.2) is 0 Å². The molecule has 112 valence electrons. The Labute approximate surface area is 118 Å². The quantitative estimate of drug-likeness (QED) is 0.618. The Kier molecular flexibility index (Phi) is 5.78. The Morgan fingerprint density at radius 2 is 2.10 bits per heavy atom. The van der Waals surface area contributed by atoms with E-state index in [2.05, 4.69) is 10.0 Å². The molecule has 0 saturated carbocycles. The number of carbonyl (C=O) groups excluding carboxylic acids is 1. The lowest BCUT2D eigenvalue weighted by Gasteiger charge is -2.10. The molecule has 1 aromatic rings. The number of amides is 1. The van der Waals surface area contributed by atoms with E-state index in [1.807, 2.05) is 6.92 Å². The van der Waals surface area contributed by atoms with Crippen molar-refractivity contribution >= 4 is 21.6 Å². The molecule has 8 heteroatoms. The molecule has 0 aliphatic carbocycles. The SMILES string of the molecule is CCCNC(=O)CNS(=O)(=O)c1ccc(OC)cc1N. The van der Waals surface area contributed by atoms with Crippen molar-refractivity contribution in [2.24, 2.45) is 0 Å². The van der Waals surface area contributed by atoms with Crippen LogP contribution in [0.4, 0.5) is 5.69 Å². The van der Waals surface area contributed by atoms with Crippen LogP contribution >= 0.6 is 0 Å². The van der Waals surface area contributed by atoms with Crippen molar-refractivity contribution in [1.29, 1.82) is 0 Å². The molecule has 0 aromatic heterocycles. The largest absolute Gasteiger partial charge is 0.497 e. The van der Waals surface area contributed by atoms with Crippen molar-refractivity contribution < 1.29 is 17.9 Å². The summed E-state index contributed by atoms with van der Waals surface area (Å²) in [7, 11) is -2.37. The summed E-state index contributed by atoms with van der Waals surface area (Å²) in [6.07, 6.45) is 0.782. The molecule has 0 unspecified atom stereocenters. The number of anilines is 1. The second kappa shape index (κ2) is 7.11. The first kappa shape index (κ1) is 16.3. The number of benzene rings is 1. The fourth-order valence-corrected chi connectivity index (χ4v) is 2.56. The molecule has 4 N–H and O–H groups in total. The highest BCUT2D eigenvalue weighted by Gasteiger charge is 2.18. The van der Waals surface area contributed by atoms with Gasteiger partial charge in [0.1, 0.15) is 10.6 Å². The first-order valence-electron chi connectivity index (χ1n) is 6.10. The summed E-state index contributed by atoms with van der Waals surface area (Å²) < 4.78 is 31.2. The number of carbonyl (C=O) groups is 1. The van der Waals surface area contributed by atoms with Gasteiger partial charge in [0.25, 0.3) is 0 Å². The summed E-state index contributed by atoms with van der Waals surface area (Å²) in [5.74, 6) is 0.0737. The van der Waals surface area contributed by atoms with Gasteiger partial charge in [0, 0.05) is 12.6 Å². The fourth-order valence-electron chi connectivity index (χ4n) is 1.46. The second-order valence-corrected chi connectivity index (χ2v) is 5.81. The monoisotopic (exact) mass is 301 g/mol. The summed E-state index contributed by atoms with van der Waals surface area (Å²) >= 11 is 0. The molecule has 0 radical (unpaired) electrons. The van der Waals surface area contributed by atoms with Crippen LogP contribution in [0.2, 0.25) is 0 Å². The van der Waals surface area contributed by atoms with Crippen molar-refractivity contribution in [3.8, 4) is 5.75 Å². The van der Waals surface area contributed by atoms with Crippen molar-refractivity contribution in [2.45, 2.75) is 18.2 Å². The van der Waals surface area contributed by atoms with Gasteiger partial charge in [-0.25, -0.2) is 13.1 Å². The zero-order valence-electron chi connectivity index (χ0n) is 11.5. The van der Waals surface area contributed by atoms with E-state index in [0.717, 1.165) is 6.42 Å². The third-order valence-corrected chi connectivity index (χ3v) is 3.98. The van der Waals surface area contributed by atoms with Gasteiger partial charge in [-0.15, -0.1) is 0 Å². The average Bonchev–Trinajstić information content (AvgIpc) is 2.42. The molecule has 0 saturated heterocycles. The molecule has 0 atom stereocenters. The van der Waals surface area contributed by atoms with E-state index in [9.17, 15) is 13.2 Å². The van der Waals surface area contributed by atoms with E-state index in [1.54, 1.807) is 0 Å². The molecule has 20 heavy (non-hydrogen) atoms. The fraction of sp³-hybridized carbons (Fsp3) is 0.417. The van der Waals surface area contributed by atoms with E-state index in [-0.39, 0.29) is 23.0 Å². The predicted octanol–water partition coefficient (Wildman–Crippen LogP) is 0.0819. The van der Waals surface area contributed by atoms with Crippen LogP contribution in [0.15, 0.2) is 23.1 Å². The Morgan fingerprint density at radius 3 is 2.65 bits per heavy atom. The Morgan fingerprint density at radius 1 is 1.40 bits per heavy atom. The van der Waals surface area contributed by atoms with Crippen molar-refractivity contribution in [3.63, 3.8) is 0 Å². The molecule has 0 bridgehead atoms. The van der Waals surface area contributed by atoms with Gasteiger partial charge < -0.3 is 15.8 Å². The zero-order valence-corrected chi connectivity index (χ0v) is 12.3. The molecule has 0 spiro atoms. The highest BCUT2D eigenvalue weighted by molar-refractivity contribution is 7.89. The van der Waals surface area contributed by atoms with Crippen LogP contribution in [0.3, 0.4) is 0 Å². The van der Waals surface area contributed by atoms with E-state index < -0.39 is 10.0 Å². The Balaban J connectivity index is 2.76. The number of hydrogen-bond acceptors (Lipinski definition) is 5. The minimum atomic E-state index is -3.83. The number of rotatable bonds is 7. The molecule has 7 nitrogen and oxygen atoms in total. The van der Waals surface area contributed by atoms with E-state index >= 15 is 0 Å². The molecular weight excluding hydrogens is 282 g/mol. The molecule has 1 aromatic carbocycles. The number of ether oxygens (including phenoxy) is 1. The molecule has 0 aliphatic heterocycles. The number of sulfonamides is 1. The molecule has 1 amide bonds. The molecular formula is C12H19N3O4S. The minimum Gasteiger partial charge on any atom is -0.497 e. The normalized spacial score (nSPS) is 11.1. The number of hydrogen-bond donors (Lipinski definition) is 3. The number of nitrogens with one attached hydrogen (secondary N) is 2. The van der Waals surface area contributed by atoms with Crippen molar-refractivity contribution in [1.82, 2.24) is 10.0 Å². The van der Waals surface area contributed by atoms with E-state index in [4.69, 9.17) is 10.5 Å². The van der Waals surface area contributed by atoms with Crippen LogP contribution in [0.25, 0.3) is 0 Å². The predicted molar refractivity (Wildman–Crippen MR) is 75.9 cm³/mol. The first-order chi connectivity index (χ1) is 9.40. The van der Waals surface area contributed by atoms with Crippen LogP contribution < -0.4 is 20.5 Å². The summed E-state index contributed by atoms with van der Waals surface area (Å²) in [5.41, 5.74) is 5.73. The van der Waals surface area contributed by atoms with Crippen LogP contribution in [0, 0.1) is 0 Å². The average molecular weight is 301 g/mol. The third-order valence-electron chi connectivity index (χ3n) is 2.50. The number of nitrogens with two attached hydrogens (primary N) is 1. The summed E-state index contributed by atoms with van der Waals surface area (Å²) in [5, 5.41) is 2.57. The number of methoxy groups -OCH3 is 1. The van der Waals surface area contributed by atoms with Crippen molar-refractivity contribution in [2.75, 3.05) is 25.9 Å². The minimum absolute atomic E-state index is 0.0609. The summed E-state index contributed by atoms with van der Waals surface area (Å²) in [6, 6.07) is 4.23. The standard InChI is InChI=1S/C12H19N3O4S/c1-3-6-14-12(16)8-15-20(17,18)11-5-4-9(19-2)7-10(11)13/h4-5,7,15H,3,6,8,13H2,1-2H3,(H,14,16). The Bertz CT molecular complexity index is 572. The van der Waals surface area contributed by atoms with Crippen LogP contribution in [0.5, 0.6) is 5.75 Å². The van der Waals surface area contributed by atoms with E-state index in [0.29, 0.717) is 12.3 Å². The third kappa shape index (κ3) is 4.39. The smallest absolute Gasteiger partial charge is 0.243 e. The van der Waals surface area contributed by atoms with Gasteiger partial charge in [-0.2, -0.15) is 0 Å². The highest BCUT2D eigenvalue weighted by Crippen LogP contribution is 2.23. The van der Waals surface area contributed by atoms with Gasteiger partial charge in [0.2, 0.25) is 15.9 Å².